The molecule has 2 rings (SSSR count). The van der Waals surface area contributed by atoms with Crippen LogP contribution in [-0.2, 0) is 5.88 Å². The number of nitro groups is 1. The number of thioether (sulfide) groups is 1. The summed E-state index contributed by atoms with van der Waals surface area (Å²) in [5, 5.41) is 14.9. The van der Waals surface area contributed by atoms with Gasteiger partial charge in [-0.1, -0.05) is 11.8 Å². The fourth-order valence-corrected chi connectivity index (χ4v) is 1.66. The van der Waals surface area contributed by atoms with Crippen molar-refractivity contribution in [3.05, 3.63) is 41.0 Å². The van der Waals surface area contributed by atoms with E-state index in [4.69, 9.17) is 0 Å². The lowest BCUT2D eigenvalue weighted by molar-refractivity contribution is -0.385. The van der Waals surface area contributed by atoms with Gasteiger partial charge in [-0.15, -0.1) is 0 Å². The summed E-state index contributed by atoms with van der Waals surface area (Å²) in [7, 11) is 0. The van der Waals surface area contributed by atoms with E-state index in [9.17, 15) is 10.1 Å². The van der Waals surface area contributed by atoms with Gasteiger partial charge in [-0.25, -0.2) is 9.97 Å². The second kappa shape index (κ2) is 4.71. The van der Waals surface area contributed by atoms with Crippen LogP contribution in [0, 0.1) is 10.1 Å². The van der Waals surface area contributed by atoms with Gasteiger partial charge in [0.15, 0.2) is 5.16 Å². The van der Waals surface area contributed by atoms with Gasteiger partial charge in [0.05, 0.1) is 10.8 Å². The Hall–Kier alpha value is -1.96. The molecule has 0 aliphatic carbocycles. The lowest BCUT2D eigenvalue weighted by Gasteiger charge is -1.98. The average Bonchev–Trinajstić information content (AvgIpc) is 2.76. The molecule has 16 heavy (non-hydrogen) atoms. The predicted molar refractivity (Wildman–Crippen MR) is 56.8 cm³/mol. The molecule has 0 aliphatic rings. The molecule has 0 radical (unpaired) electrons. The predicted octanol–water partition coefficient (Wildman–Crippen LogP) is 1.33. The summed E-state index contributed by atoms with van der Waals surface area (Å²) in [6, 6.07) is 1.73. The number of rotatable bonds is 4. The van der Waals surface area contributed by atoms with E-state index in [1.54, 1.807) is 18.5 Å². The van der Waals surface area contributed by atoms with Gasteiger partial charge in [-0.3, -0.25) is 14.8 Å². The lowest BCUT2D eigenvalue weighted by Crippen LogP contribution is -1.95. The van der Waals surface area contributed by atoms with Crippen LogP contribution in [0.5, 0.6) is 0 Å². The maximum absolute atomic E-state index is 10.4. The summed E-state index contributed by atoms with van der Waals surface area (Å²) in [4.78, 5) is 18.0. The van der Waals surface area contributed by atoms with Crippen molar-refractivity contribution in [3.63, 3.8) is 0 Å². The SMILES string of the molecule is O=[N+]([O-])c1cnn(CSc2ncccn2)c1. The number of hydrogen-bond donors (Lipinski definition) is 0. The third-order valence-electron chi connectivity index (χ3n) is 1.70. The Morgan fingerprint density at radius 3 is 2.81 bits per heavy atom. The maximum atomic E-state index is 10.4. The zero-order valence-electron chi connectivity index (χ0n) is 8.05. The Bertz CT molecular complexity index is 486. The van der Waals surface area contributed by atoms with E-state index < -0.39 is 4.92 Å². The van der Waals surface area contributed by atoms with Crippen molar-refractivity contribution < 1.29 is 4.92 Å². The van der Waals surface area contributed by atoms with Crippen molar-refractivity contribution in [2.24, 2.45) is 0 Å². The summed E-state index contributed by atoms with van der Waals surface area (Å²) >= 11 is 1.35. The summed E-state index contributed by atoms with van der Waals surface area (Å²) < 4.78 is 1.47. The van der Waals surface area contributed by atoms with Gasteiger partial charge in [0.2, 0.25) is 0 Å². The first-order valence-electron chi connectivity index (χ1n) is 4.32. The van der Waals surface area contributed by atoms with E-state index in [0.717, 1.165) is 0 Å². The number of nitrogens with zero attached hydrogens (tertiary/aromatic N) is 5. The van der Waals surface area contributed by atoms with Gasteiger partial charge >= 0.3 is 5.69 Å². The number of aromatic nitrogens is 4. The van der Waals surface area contributed by atoms with Crippen LogP contribution in [0.3, 0.4) is 0 Å². The average molecular weight is 237 g/mol. The van der Waals surface area contributed by atoms with E-state index in [0.29, 0.717) is 11.0 Å². The molecule has 0 saturated heterocycles. The Kier molecular flexibility index (Phi) is 3.10. The van der Waals surface area contributed by atoms with Gasteiger partial charge in [-0.2, -0.15) is 5.10 Å². The van der Waals surface area contributed by atoms with E-state index in [1.807, 2.05) is 0 Å². The van der Waals surface area contributed by atoms with E-state index in [-0.39, 0.29) is 5.69 Å². The minimum absolute atomic E-state index is 0.0189. The molecule has 0 amide bonds. The highest BCUT2D eigenvalue weighted by molar-refractivity contribution is 7.98. The topological polar surface area (TPSA) is 86.7 Å². The summed E-state index contributed by atoms with van der Waals surface area (Å²) in [6.07, 6.45) is 5.87. The minimum Gasteiger partial charge on any atom is -0.258 e. The molecular weight excluding hydrogens is 230 g/mol. The Balaban J connectivity index is 1.97. The molecule has 82 valence electrons. The highest BCUT2D eigenvalue weighted by atomic mass is 32.2. The molecule has 0 bridgehead atoms. The first kappa shape index (κ1) is 10.6. The van der Waals surface area contributed by atoms with Crippen molar-refractivity contribution in [3.8, 4) is 0 Å². The lowest BCUT2D eigenvalue weighted by atomic mass is 10.6. The molecule has 0 unspecified atom stereocenters. The van der Waals surface area contributed by atoms with Crippen LogP contribution in [0.2, 0.25) is 0 Å². The smallest absolute Gasteiger partial charge is 0.258 e. The maximum Gasteiger partial charge on any atom is 0.307 e. The molecule has 0 N–H and O–H groups in total. The second-order valence-electron chi connectivity index (χ2n) is 2.80. The summed E-state index contributed by atoms with van der Waals surface area (Å²) in [6.45, 7) is 0. The normalized spacial score (nSPS) is 10.2. The van der Waals surface area contributed by atoms with Crippen LogP contribution in [0.25, 0.3) is 0 Å². The van der Waals surface area contributed by atoms with Crippen LogP contribution in [0.1, 0.15) is 0 Å². The fourth-order valence-electron chi connectivity index (χ4n) is 1.00. The van der Waals surface area contributed by atoms with Crippen molar-refractivity contribution in [1.29, 1.82) is 0 Å². The monoisotopic (exact) mass is 237 g/mol. The zero-order valence-corrected chi connectivity index (χ0v) is 8.87. The molecular formula is C8H7N5O2S. The zero-order chi connectivity index (χ0) is 11.4. The van der Waals surface area contributed by atoms with Crippen LogP contribution in [-0.4, -0.2) is 24.7 Å². The first-order chi connectivity index (χ1) is 7.75. The largest absolute Gasteiger partial charge is 0.307 e. The van der Waals surface area contributed by atoms with Crippen LogP contribution >= 0.6 is 11.8 Å². The van der Waals surface area contributed by atoms with Crippen molar-refractivity contribution in [2.45, 2.75) is 11.0 Å². The Morgan fingerprint density at radius 2 is 2.19 bits per heavy atom. The van der Waals surface area contributed by atoms with Crippen molar-refractivity contribution >= 4 is 17.4 Å². The number of hydrogen-bond acceptors (Lipinski definition) is 6. The van der Waals surface area contributed by atoms with Gasteiger partial charge in [-0.05, 0) is 6.07 Å². The molecule has 0 spiro atoms. The second-order valence-corrected chi connectivity index (χ2v) is 3.71. The molecule has 0 atom stereocenters. The molecule has 0 aliphatic heterocycles. The molecule has 2 aromatic heterocycles. The molecule has 0 fully saturated rings. The minimum atomic E-state index is -0.479. The van der Waals surface area contributed by atoms with Crippen LogP contribution in [0.4, 0.5) is 5.69 Å². The summed E-state index contributed by atoms with van der Waals surface area (Å²) in [5.74, 6) is 0.442. The van der Waals surface area contributed by atoms with Gasteiger partial charge in [0.25, 0.3) is 0 Å². The van der Waals surface area contributed by atoms with Crippen molar-refractivity contribution in [1.82, 2.24) is 19.7 Å². The van der Waals surface area contributed by atoms with Gasteiger partial charge in [0, 0.05) is 12.4 Å². The van der Waals surface area contributed by atoms with Gasteiger partial charge < -0.3 is 0 Å². The molecule has 0 saturated carbocycles. The molecule has 2 aromatic rings. The van der Waals surface area contributed by atoms with Crippen LogP contribution < -0.4 is 0 Å². The van der Waals surface area contributed by atoms with E-state index in [1.165, 1.54) is 28.8 Å². The molecule has 0 aromatic carbocycles. The molecule has 7 nitrogen and oxygen atoms in total. The molecule has 2 heterocycles. The van der Waals surface area contributed by atoms with E-state index in [2.05, 4.69) is 15.1 Å². The third kappa shape index (κ3) is 2.54. The van der Waals surface area contributed by atoms with Crippen molar-refractivity contribution in [2.75, 3.05) is 0 Å². The summed E-state index contributed by atoms with van der Waals surface area (Å²) in [5.41, 5.74) is -0.0189. The van der Waals surface area contributed by atoms with Crippen LogP contribution in [0.15, 0.2) is 36.0 Å². The standard InChI is InChI=1S/C8H7N5O2S/c14-13(15)7-4-11-12(5-7)6-16-8-9-2-1-3-10-8/h1-5H,6H2. The van der Waals surface area contributed by atoms with Gasteiger partial charge in [0.1, 0.15) is 12.4 Å². The first-order valence-corrected chi connectivity index (χ1v) is 5.31. The highest BCUT2D eigenvalue weighted by Gasteiger charge is 2.08. The Morgan fingerprint density at radius 1 is 1.44 bits per heavy atom. The molecule has 8 heteroatoms. The third-order valence-corrected chi connectivity index (χ3v) is 2.56. The fraction of sp³-hybridized carbons (Fsp3) is 0.125. The quantitative estimate of drug-likeness (QED) is 0.345. The Labute approximate surface area is 94.7 Å². The van der Waals surface area contributed by atoms with E-state index >= 15 is 0 Å². The highest BCUT2D eigenvalue weighted by Crippen LogP contribution is 2.15.